The van der Waals surface area contributed by atoms with Gasteiger partial charge in [0, 0.05) is 25.1 Å². The highest BCUT2D eigenvalue weighted by Gasteiger charge is 2.39. The van der Waals surface area contributed by atoms with Gasteiger partial charge in [-0.1, -0.05) is 20.8 Å². The fourth-order valence-corrected chi connectivity index (χ4v) is 2.02. The summed E-state index contributed by atoms with van der Waals surface area (Å²) in [4.78, 5) is 3.66. The van der Waals surface area contributed by atoms with Crippen LogP contribution in [0.3, 0.4) is 0 Å². The first-order valence-corrected chi connectivity index (χ1v) is 5.81. The normalized spacial score (nSPS) is 16.2. The maximum Gasteiger partial charge on any atom is 0.416 e. The Morgan fingerprint density at radius 3 is 2.26 bits per heavy atom. The SMILES string of the molecule is COC(C(O)c1cnccc1C(F)(F)F)C(C)(C)C. The van der Waals surface area contributed by atoms with Gasteiger partial charge in [0.15, 0.2) is 0 Å². The molecule has 19 heavy (non-hydrogen) atoms. The first-order valence-electron chi connectivity index (χ1n) is 5.81. The zero-order valence-corrected chi connectivity index (χ0v) is 11.3. The van der Waals surface area contributed by atoms with Crippen LogP contribution in [0.1, 0.15) is 38.0 Å². The minimum absolute atomic E-state index is 0.267. The van der Waals surface area contributed by atoms with Gasteiger partial charge in [0.25, 0.3) is 0 Å². The van der Waals surface area contributed by atoms with Crippen molar-refractivity contribution in [3.8, 4) is 0 Å². The lowest BCUT2D eigenvalue weighted by Crippen LogP contribution is -2.35. The molecular formula is C13H18F3NO2. The maximum absolute atomic E-state index is 12.9. The number of methoxy groups -OCH3 is 1. The largest absolute Gasteiger partial charge is 0.416 e. The van der Waals surface area contributed by atoms with E-state index in [9.17, 15) is 18.3 Å². The topological polar surface area (TPSA) is 42.4 Å². The molecule has 2 unspecified atom stereocenters. The van der Waals surface area contributed by atoms with E-state index in [1.54, 1.807) is 20.8 Å². The van der Waals surface area contributed by atoms with Gasteiger partial charge in [0.2, 0.25) is 0 Å². The lowest BCUT2D eigenvalue weighted by Gasteiger charge is -2.34. The molecular weight excluding hydrogens is 259 g/mol. The van der Waals surface area contributed by atoms with Gasteiger partial charge in [0.1, 0.15) is 6.10 Å². The smallest absolute Gasteiger partial charge is 0.386 e. The molecule has 0 saturated carbocycles. The molecule has 1 heterocycles. The van der Waals surface area contributed by atoms with Crippen LogP contribution in [0.5, 0.6) is 0 Å². The predicted octanol–water partition coefficient (Wildman–Crippen LogP) is 3.19. The minimum Gasteiger partial charge on any atom is -0.386 e. The fraction of sp³-hybridized carbons (Fsp3) is 0.615. The summed E-state index contributed by atoms with van der Waals surface area (Å²) < 4.78 is 43.8. The Kier molecular flexibility index (Phi) is 4.58. The van der Waals surface area contributed by atoms with Gasteiger partial charge in [0.05, 0.1) is 11.7 Å². The number of pyridine rings is 1. The number of rotatable bonds is 3. The molecule has 1 aromatic heterocycles. The van der Waals surface area contributed by atoms with E-state index in [0.29, 0.717) is 0 Å². The number of nitrogens with zero attached hydrogens (tertiary/aromatic N) is 1. The molecule has 1 aromatic rings. The Hall–Kier alpha value is -1.14. The predicted molar refractivity (Wildman–Crippen MR) is 64.5 cm³/mol. The molecule has 108 valence electrons. The Labute approximate surface area is 110 Å². The standard InChI is InChI=1S/C13H18F3NO2/c1-12(2,3)11(19-4)10(18)8-7-17-6-5-9(8)13(14,15)16/h5-7,10-11,18H,1-4H3. The van der Waals surface area contributed by atoms with Gasteiger partial charge < -0.3 is 9.84 Å². The van der Waals surface area contributed by atoms with Crippen LogP contribution in [0.15, 0.2) is 18.5 Å². The number of halogens is 3. The summed E-state index contributed by atoms with van der Waals surface area (Å²) in [5.74, 6) is 0. The van der Waals surface area contributed by atoms with Crippen LogP contribution in [-0.4, -0.2) is 23.3 Å². The molecule has 2 atom stereocenters. The molecule has 0 bridgehead atoms. The number of aliphatic hydroxyl groups is 1. The van der Waals surface area contributed by atoms with Crippen LogP contribution in [0.2, 0.25) is 0 Å². The highest BCUT2D eigenvalue weighted by atomic mass is 19.4. The quantitative estimate of drug-likeness (QED) is 0.922. The van der Waals surface area contributed by atoms with Gasteiger partial charge >= 0.3 is 6.18 Å². The second-order valence-corrected chi connectivity index (χ2v) is 5.43. The number of aliphatic hydroxyl groups excluding tert-OH is 1. The van der Waals surface area contributed by atoms with Gasteiger partial charge in [-0.3, -0.25) is 4.98 Å². The third kappa shape index (κ3) is 3.67. The molecule has 0 amide bonds. The highest BCUT2D eigenvalue weighted by Crippen LogP contribution is 2.38. The molecule has 0 saturated heterocycles. The Morgan fingerprint density at radius 2 is 1.84 bits per heavy atom. The third-order valence-corrected chi connectivity index (χ3v) is 2.87. The van der Waals surface area contributed by atoms with Crippen molar-refractivity contribution in [2.24, 2.45) is 5.41 Å². The van der Waals surface area contributed by atoms with E-state index in [-0.39, 0.29) is 5.56 Å². The average molecular weight is 277 g/mol. The number of alkyl halides is 3. The number of aromatic nitrogens is 1. The monoisotopic (exact) mass is 277 g/mol. The fourth-order valence-electron chi connectivity index (χ4n) is 2.02. The summed E-state index contributed by atoms with van der Waals surface area (Å²) in [6.45, 7) is 5.36. The lowest BCUT2D eigenvalue weighted by atomic mass is 9.83. The van der Waals surface area contributed by atoms with E-state index in [1.807, 2.05) is 0 Å². The first kappa shape index (κ1) is 15.9. The van der Waals surface area contributed by atoms with Gasteiger partial charge in [-0.25, -0.2) is 0 Å². The Morgan fingerprint density at radius 1 is 1.26 bits per heavy atom. The van der Waals surface area contributed by atoms with Gasteiger partial charge in [-0.15, -0.1) is 0 Å². The van der Waals surface area contributed by atoms with Crippen molar-refractivity contribution < 1.29 is 23.0 Å². The van der Waals surface area contributed by atoms with Crippen LogP contribution < -0.4 is 0 Å². The summed E-state index contributed by atoms with van der Waals surface area (Å²) in [6, 6.07) is 0.855. The molecule has 3 nitrogen and oxygen atoms in total. The van der Waals surface area contributed by atoms with Crippen LogP contribution in [0, 0.1) is 5.41 Å². The molecule has 6 heteroatoms. The van der Waals surface area contributed by atoms with E-state index >= 15 is 0 Å². The summed E-state index contributed by atoms with van der Waals surface area (Å²) in [6.07, 6.45) is -4.60. The summed E-state index contributed by atoms with van der Waals surface area (Å²) in [5.41, 5.74) is -1.66. The molecule has 0 aliphatic rings. The molecule has 0 radical (unpaired) electrons. The molecule has 0 fully saturated rings. The number of hydrogen-bond donors (Lipinski definition) is 1. The molecule has 0 aliphatic heterocycles. The van der Waals surface area contributed by atoms with Gasteiger partial charge in [-0.05, 0) is 11.5 Å². The molecule has 0 spiro atoms. The van der Waals surface area contributed by atoms with Gasteiger partial charge in [-0.2, -0.15) is 13.2 Å². The first-order chi connectivity index (χ1) is 8.59. The van der Waals surface area contributed by atoms with Crippen molar-refractivity contribution in [2.45, 2.75) is 39.2 Å². The van der Waals surface area contributed by atoms with Crippen molar-refractivity contribution in [2.75, 3.05) is 7.11 Å². The van der Waals surface area contributed by atoms with E-state index in [4.69, 9.17) is 4.74 Å². The van der Waals surface area contributed by atoms with E-state index in [0.717, 1.165) is 18.5 Å². The van der Waals surface area contributed by atoms with E-state index in [2.05, 4.69) is 4.98 Å². The number of ether oxygens (including phenoxy) is 1. The van der Waals surface area contributed by atoms with Crippen LogP contribution in [0.25, 0.3) is 0 Å². The third-order valence-electron chi connectivity index (χ3n) is 2.87. The highest BCUT2D eigenvalue weighted by molar-refractivity contribution is 5.29. The van der Waals surface area contributed by atoms with Crippen molar-refractivity contribution >= 4 is 0 Å². The van der Waals surface area contributed by atoms with Crippen molar-refractivity contribution in [3.63, 3.8) is 0 Å². The summed E-state index contributed by atoms with van der Waals surface area (Å²) in [5, 5.41) is 10.2. The molecule has 1 rings (SSSR count). The number of hydrogen-bond acceptors (Lipinski definition) is 3. The summed E-state index contributed by atoms with van der Waals surface area (Å²) >= 11 is 0. The second-order valence-electron chi connectivity index (χ2n) is 5.43. The second kappa shape index (κ2) is 5.46. The van der Waals surface area contributed by atoms with Crippen molar-refractivity contribution in [3.05, 3.63) is 29.6 Å². The Bertz CT molecular complexity index is 427. The molecule has 0 aromatic carbocycles. The van der Waals surface area contributed by atoms with Crippen LogP contribution in [0.4, 0.5) is 13.2 Å². The average Bonchev–Trinajstić information content (AvgIpc) is 2.26. The lowest BCUT2D eigenvalue weighted by molar-refractivity contribution is -0.141. The van der Waals surface area contributed by atoms with Crippen molar-refractivity contribution in [1.29, 1.82) is 0 Å². The van der Waals surface area contributed by atoms with Crippen LogP contribution >= 0.6 is 0 Å². The Balaban J connectivity index is 3.23. The minimum atomic E-state index is -4.53. The zero-order valence-electron chi connectivity index (χ0n) is 11.3. The van der Waals surface area contributed by atoms with E-state index in [1.165, 1.54) is 7.11 Å². The zero-order chi connectivity index (χ0) is 14.8. The molecule has 1 N–H and O–H groups in total. The van der Waals surface area contributed by atoms with E-state index < -0.39 is 29.4 Å². The van der Waals surface area contributed by atoms with Crippen LogP contribution in [-0.2, 0) is 10.9 Å². The van der Waals surface area contributed by atoms with Crippen molar-refractivity contribution in [1.82, 2.24) is 4.98 Å². The molecule has 0 aliphatic carbocycles. The maximum atomic E-state index is 12.9. The summed E-state index contributed by atoms with van der Waals surface area (Å²) in [7, 11) is 1.36.